The van der Waals surface area contributed by atoms with Crippen LogP contribution in [0.5, 0.6) is 0 Å². The van der Waals surface area contributed by atoms with Gasteiger partial charge in [-0.05, 0) is 37.1 Å². The molecule has 0 spiro atoms. The molecular formula is C21H17N5S. The van der Waals surface area contributed by atoms with Crippen molar-refractivity contribution in [2.24, 2.45) is 12.0 Å². The minimum absolute atomic E-state index is 0.690. The summed E-state index contributed by atoms with van der Waals surface area (Å²) in [6.45, 7) is 7.46. The summed E-state index contributed by atoms with van der Waals surface area (Å²) in [6, 6.07) is 8.06. The first kappa shape index (κ1) is 17.1. The van der Waals surface area contributed by atoms with Crippen LogP contribution in [0.4, 0.5) is 0 Å². The van der Waals surface area contributed by atoms with Gasteiger partial charge in [-0.2, -0.15) is 0 Å². The first-order valence-electron chi connectivity index (χ1n) is 8.33. The van der Waals surface area contributed by atoms with Crippen molar-refractivity contribution in [3.05, 3.63) is 73.5 Å². The van der Waals surface area contributed by atoms with Crippen molar-refractivity contribution in [1.29, 1.82) is 0 Å². The second-order valence-electron chi connectivity index (χ2n) is 5.94. The van der Waals surface area contributed by atoms with E-state index >= 15 is 0 Å². The van der Waals surface area contributed by atoms with E-state index in [1.807, 2.05) is 48.4 Å². The number of hydrogen-bond acceptors (Lipinski definition) is 5. The monoisotopic (exact) mass is 371 g/mol. The van der Waals surface area contributed by atoms with Crippen LogP contribution in [0.15, 0.2) is 72.8 Å². The predicted molar refractivity (Wildman–Crippen MR) is 113 cm³/mol. The van der Waals surface area contributed by atoms with Crippen LogP contribution in [0.1, 0.15) is 5.69 Å². The van der Waals surface area contributed by atoms with Gasteiger partial charge >= 0.3 is 0 Å². The van der Waals surface area contributed by atoms with Crippen molar-refractivity contribution >= 4 is 34.7 Å². The number of pyridine rings is 2. The van der Waals surface area contributed by atoms with Gasteiger partial charge < -0.3 is 4.57 Å². The molecule has 0 saturated carbocycles. The van der Waals surface area contributed by atoms with Crippen molar-refractivity contribution < 1.29 is 0 Å². The maximum absolute atomic E-state index is 4.89. The number of hydrogen-bond donors (Lipinski definition) is 0. The Morgan fingerprint density at radius 2 is 2.19 bits per heavy atom. The Morgan fingerprint density at radius 1 is 1.30 bits per heavy atom. The third-order valence-electron chi connectivity index (χ3n) is 4.21. The maximum atomic E-state index is 4.89. The molecule has 0 aliphatic rings. The second kappa shape index (κ2) is 7.09. The van der Waals surface area contributed by atoms with E-state index in [1.165, 1.54) is 0 Å². The highest BCUT2D eigenvalue weighted by molar-refractivity contribution is 7.18. The number of rotatable bonds is 5. The Balaban J connectivity index is 1.88. The molecule has 0 fully saturated rings. The van der Waals surface area contributed by atoms with Crippen LogP contribution in [0.25, 0.3) is 37.7 Å². The van der Waals surface area contributed by atoms with Gasteiger partial charge in [-0.1, -0.05) is 12.7 Å². The summed E-state index contributed by atoms with van der Waals surface area (Å²) in [5.74, 6) is 0. The quantitative estimate of drug-likeness (QED) is 0.367. The highest BCUT2D eigenvalue weighted by Gasteiger charge is 2.15. The summed E-state index contributed by atoms with van der Waals surface area (Å²) >= 11 is 1.59. The van der Waals surface area contributed by atoms with Crippen LogP contribution in [0.3, 0.4) is 0 Å². The lowest BCUT2D eigenvalue weighted by molar-refractivity contribution is 0.962. The largest absolute Gasteiger partial charge is 0.349 e. The first-order chi connectivity index (χ1) is 13.2. The van der Waals surface area contributed by atoms with E-state index in [0.29, 0.717) is 5.70 Å². The molecule has 0 saturated heterocycles. The van der Waals surface area contributed by atoms with Gasteiger partial charge in [0, 0.05) is 42.8 Å². The summed E-state index contributed by atoms with van der Waals surface area (Å²) in [4.78, 5) is 18.7. The smallest absolute Gasteiger partial charge is 0.125 e. The van der Waals surface area contributed by atoms with Gasteiger partial charge in [-0.25, -0.2) is 9.97 Å². The van der Waals surface area contributed by atoms with E-state index in [0.717, 1.165) is 37.7 Å². The summed E-state index contributed by atoms with van der Waals surface area (Å²) in [7, 11) is 2.00. The van der Waals surface area contributed by atoms with Crippen molar-refractivity contribution in [2.75, 3.05) is 0 Å². The summed E-state index contributed by atoms with van der Waals surface area (Å²) in [5.41, 5.74) is 4.33. The zero-order chi connectivity index (χ0) is 18.8. The van der Waals surface area contributed by atoms with Crippen LogP contribution in [-0.4, -0.2) is 26.2 Å². The van der Waals surface area contributed by atoms with Gasteiger partial charge in [-0.3, -0.25) is 9.98 Å². The van der Waals surface area contributed by atoms with E-state index in [-0.39, 0.29) is 0 Å². The Morgan fingerprint density at radius 3 is 2.93 bits per heavy atom. The minimum atomic E-state index is 0.690. The lowest BCUT2D eigenvalue weighted by Crippen LogP contribution is -1.96. The Hall–Kier alpha value is -3.38. The van der Waals surface area contributed by atoms with Gasteiger partial charge in [-0.15, -0.1) is 11.3 Å². The van der Waals surface area contributed by atoms with Crippen LogP contribution in [0.2, 0.25) is 0 Å². The molecule has 6 heteroatoms. The van der Waals surface area contributed by atoms with Gasteiger partial charge in [0.25, 0.3) is 0 Å². The third kappa shape index (κ3) is 3.11. The SMILES string of the molecule is C=C/C=C(\N=C)c1nc(-c2cnc(-c3cccnc3)s2)cc2ccn(C)c12. The molecule has 27 heavy (non-hydrogen) atoms. The average Bonchev–Trinajstić information content (AvgIpc) is 3.34. The number of fused-ring (bicyclic) bond motifs is 1. The van der Waals surface area contributed by atoms with E-state index < -0.39 is 0 Å². The Bertz CT molecular complexity index is 1170. The molecule has 4 aromatic heterocycles. The standard InChI is InChI=1S/C21H17N5S/c1-4-6-16(22-2)19-20-14(8-10-26(20)3)11-17(25-19)18-13-24-21(27-18)15-7-5-9-23-12-15/h4-13H,1-2H2,3H3/b16-6-. The summed E-state index contributed by atoms with van der Waals surface area (Å²) in [5, 5.41) is 2.01. The molecule has 0 amide bonds. The molecule has 0 unspecified atom stereocenters. The van der Waals surface area contributed by atoms with E-state index in [4.69, 9.17) is 4.98 Å². The molecule has 4 aromatic rings. The van der Waals surface area contributed by atoms with Gasteiger partial charge in [0.2, 0.25) is 0 Å². The second-order valence-corrected chi connectivity index (χ2v) is 6.97. The Labute approximate surface area is 161 Å². The number of nitrogens with zero attached hydrogens (tertiary/aromatic N) is 5. The number of aromatic nitrogens is 4. The molecule has 5 nitrogen and oxygen atoms in total. The van der Waals surface area contributed by atoms with Gasteiger partial charge in [0.05, 0.1) is 21.8 Å². The lowest BCUT2D eigenvalue weighted by atomic mass is 10.1. The zero-order valence-electron chi connectivity index (χ0n) is 14.8. The topological polar surface area (TPSA) is 56.0 Å². The molecule has 0 radical (unpaired) electrons. The molecule has 132 valence electrons. The lowest BCUT2D eigenvalue weighted by Gasteiger charge is -2.08. The van der Waals surface area contributed by atoms with Crippen LogP contribution >= 0.6 is 11.3 Å². The minimum Gasteiger partial charge on any atom is -0.349 e. The summed E-state index contributed by atoms with van der Waals surface area (Å²) < 4.78 is 2.04. The molecule has 0 bridgehead atoms. The Kier molecular flexibility index (Phi) is 4.48. The van der Waals surface area contributed by atoms with Crippen molar-refractivity contribution in [1.82, 2.24) is 19.5 Å². The van der Waals surface area contributed by atoms with E-state index in [9.17, 15) is 0 Å². The first-order valence-corrected chi connectivity index (χ1v) is 9.15. The van der Waals surface area contributed by atoms with E-state index in [2.05, 4.69) is 40.4 Å². The van der Waals surface area contributed by atoms with Crippen molar-refractivity contribution in [3.63, 3.8) is 0 Å². The molecule has 0 N–H and O–H groups in total. The molecule has 4 rings (SSSR count). The molecule has 4 heterocycles. The van der Waals surface area contributed by atoms with Crippen molar-refractivity contribution in [2.45, 2.75) is 0 Å². The highest BCUT2D eigenvalue weighted by Crippen LogP contribution is 2.34. The normalized spacial score (nSPS) is 11.7. The predicted octanol–water partition coefficient (Wildman–Crippen LogP) is 4.99. The number of thiazole rings is 1. The average molecular weight is 371 g/mol. The zero-order valence-corrected chi connectivity index (χ0v) is 15.6. The van der Waals surface area contributed by atoms with Crippen LogP contribution < -0.4 is 0 Å². The highest BCUT2D eigenvalue weighted by atomic mass is 32.1. The molecule has 0 aromatic carbocycles. The molecule has 0 aliphatic heterocycles. The summed E-state index contributed by atoms with van der Waals surface area (Å²) in [6.07, 6.45) is 11.0. The molecule has 0 atom stereocenters. The molecular weight excluding hydrogens is 354 g/mol. The van der Waals surface area contributed by atoms with Crippen LogP contribution in [-0.2, 0) is 7.05 Å². The van der Waals surface area contributed by atoms with Crippen molar-refractivity contribution in [3.8, 4) is 21.1 Å². The fourth-order valence-electron chi connectivity index (χ4n) is 2.96. The fourth-order valence-corrected chi connectivity index (χ4v) is 3.83. The third-order valence-corrected chi connectivity index (χ3v) is 5.28. The van der Waals surface area contributed by atoms with Gasteiger partial charge in [0.1, 0.15) is 10.7 Å². The number of allylic oxidation sites excluding steroid dienone is 2. The van der Waals surface area contributed by atoms with Gasteiger partial charge in [0.15, 0.2) is 0 Å². The molecule has 0 aliphatic carbocycles. The van der Waals surface area contributed by atoms with E-state index in [1.54, 1.807) is 23.6 Å². The number of aryl methyl sites for hydroxylation is 1. The maximum Gasteiger partial charge on any atom is 0.125 e. The van der Waals surface area contributed by atoms with Crippen LogP contribution in [0, 0.1) is 0 Å². The number of aliphatic imine (C=N–C) groups is 1. The fraction of sp³-hybridized carbons (Fsp3) is 0.0476.